The maximum atomic E-state index is 11.0. The molecular formula is C23H14BrCl2NO3. The van der Waals surface area contributed by atoms with Gasteiger partial charge in [-0.3, -0.25) is 0 Å². The van der Waals surface area contributed by atoms with E-state index in [2.05, 4.69) is 22.0 Å². The number of carbonyl (C=O) groups is 1. The van der Waals surface area contributed by atoms with Crippen molar-refractivity contribution < 1.29 is 14.6 Å². The van der Waals surface area contributed by atoms with Gasteiger partial charge in [-0.15, -0.1) is 0 Å². The Morgan fingerprint density at radius 1 is 1.07 bits per heavy atom. The summed E-state index contributed by atoms with van der Waals surface area (Å²) < 4.78 is 6.56. The van der Waals surface area contributed by atoms with Crippen molar-refractivity contribution in [2.24, 2.45) is 0 Å². The third-order valence-corrected chi connectivity index (χ3v) is 5.44. The van der Waals surface area contributed by atoms with Crippen LogP contribution >= 0.6 is 39.1 Å². The van der Waals surface area contributed by atoms with Crippen molar-refractivity contribution in [2.45, 2.75) is 6.61 Å². The van der Waals surface area contributed by atoms with Gasteiger partial charge >= 0.3 is 5.97 Å². The molecule has 0 spiro atoms. The molecule has 4 nitrogen and oxygen atoms in total. The molecule has 0 aliphatic carbocycles. The van der Waals surface area contributed by atoms with Crippen LogP contribution in [0.3, 0.4) is 0 Å². The van der Waals surface area contributed by atoms with Crippen LogP contribution in [0.4, 0.5) is 0 Å². The molecule has 0 bridgehead atoms. The number of ether oxygens (including phenoxy) is 1. The van der Waals surface area contributed by atoms with Crippen LogP contribution in [0.25, 0.3) is 11.6 Å². The van der Waals surface area contributed by atoms with Gasteiger partial charge in [-0.05, 0) is 69.5 Å². The Morgan fingerprint density at radius 2 is 1.77 bits per heavy atom. The summed E-state index contributed by atoms with van der Waals surface area (Å²) in [4.78, 5) is 11.0. The molecule has 0 fully saturated rings. The second-order valence-corrected chi connectivity index (χ2v) is 7.96. The summed E-state index contributed by atoms with van der Waals surface area (Å²) in [5.41, 5.74) is 2.82. The molecule has 0 aromatic heterocycles. The number of nitriles is 1. The maximum absolute atomic E-state index is 11.0. The normalized spacial score (nSPS) is 11.1. The van der Waals surface area contributed by atoms with Gasteiger partial charge < -0.3 is 9.84 Å². The Kier molecular flexibility index (Phi) is 7.17. The van der Waals surface area contributed by atoms with Crippen molar-refractivity contribution in [2.75, 3.05) is 0 Å². The van der Waals surface area contributed by atoms with Crippen molar-refractivity contribution in [1.29, 1.82) is 5.26 Å². The molecule has 0 saturated heterocycles. The lowest BCUT2D eigenvalue weighted by atomic mass is 10.0. The van der Waals surface area contributed by atoms with Gasteiger partial charge in [0.25, 0.3) is 0 Å². The fraction of sp³-hybridized carbons (Fsp3) is 0.0435. The number of carboxylic acids is 1. The quantitative estimate of drug-likeness (QED) is 0.288. The number of allylic oxidation sites excluding steroid dienone is 1. The smallest absolute Gasteiger partial charge is 0.335 e. The van der Waals surface area contributed by atoms with Gasteiger partial charge in [-0.25, -0.2) is 4.79 Å². The van der Waals surface area contributed by atoms with Crippen molar-refractivity contribution in [1.82, 2.24) is 0 Å². The van der Waals surface area contributed by atoms with Crippen molar-refractivity contribution in [3.8, 4) is 11.8 Å². The van der Waals surface area contributed by atoms with E-state index in [1.807, 2.05) is 18.2 Å². The highest BCUT2D eigenvalue weighted by Gasteiger charge is 2.08. The largest absolute Gasteiger partial charge is 0.488 e. The van der Waals surface area contributed by atoms with E-state index in [-0.39, 0.29) is 12.2 Å². The van der Waals surface area contributed by atoms with Crippen LogP contribution in [0.2, 0.25) is 10.0 Å². The van der Waals surface area contributed by atoms with Gasteiger partial charge in [0.2, 0.25) is 0 Å². The molecule has 3 aromatic carbocycles. The van der Waals surface area contributed by atoms with Crippen molar-refractivity contribution in [3.05, 3.63) is 97.4 Å². The number of halogens is 3. The summed E-state index contributed by atoms with van der Waals surface area (Å²) in [6.07, 6.45) is 1.72. The average molecular weight is 503 g/mol. The van der Waals surface area contributed by atoms with Gasteiger partial charge in [0.05, 0.1) is 21.7 Å². The summed E-state index contributed by atoms with van der Waals surface area (Å²) in [5, 5.41) is 19.6. The minimum absolute atomic E-state index is 0.168. The number of hydrogen-bond donors (Lipinski definition) is 1. The third kappa shape index (κ3) is 5.43. The molecule has 0 amide bonds. The number of aromatic carboxylic acids is 1. The zero-order chi connectivity index (χ0) is 21.7. The summed E-state index contributed by atoms with van der Waals surface area (Å²) in [6.45, 7) is 0.281. The van der Waals surface area contributed by atoms with Crippen LogP contribution in [-0.2, 0) is 6.61 Å². The Labute approximate surface area is 192 Å². The lowest BCUT2D eigenvalue weighted by Crippen LogP contribution is -1.97. The first-order valence-corrected chi connectivity index (χ1v) is 10.2. The molecule has 0 saturated carbocycles. The number of carboxylic acid groups (broad SMARTS) is 1. The standard InChI is InChI=1S/C23H14BrCl2NO3/c24-20-10-14(9-18(12-27)15-2-4-16(5-3-15)23(28)29)1-8-22(20)30-13-17-6-7-19(25)11-21(17)26/h1-11H,13H2,(H,28,29)/b18-9-. The van der Waals surface area contributed by atoms with E-state index in [1.54, 1.807) is 36.4 Å². The van der Waals surface area contributed by atoms with E-state index < -0.39 is 5.97 Å². The maximum Gasteiger partial charge on any atom is 0.335 e. The Hall–Kier alpha value is -2.78. The monoisotopic (exact) mass is 501 g/mol. The molecule has 0 unspecified atom stereocenters. The van der Waals surface area contributed by atoms with E-state index >= 15 is 0 Å². The highest BCUT2D eigenvalue weighted by Crippen LogP contribution is 2.30. The van der Waals surface area contributed by atoms with E-state index in [0.29, 0.717) is 26.9 Å². The van der Waals surface area contributed by atoms with Gasteiger partial charge in [0.15, 0.2) is 0 Å². The van der Waals surface area contributed by atoms with Crippen LogP contribution < -0.4 is 4.74 Å². The van der Waals surface area contributed by atoms with Gasteiger partial charge in [-0.1, -0.05) is 47.5 Å². The van der Waals surface area contributed by atoms with Gasteiger partial charge in [0, 0.05) is 15.6 Å². The second-order valence-electron chi connectivity index (χ2n) is 6.27. The number of hydrogen-bond acceptors (Lipinski definition) is 3. The average Bonchev–Trinajstić information content (AvgIpc) is 2.72. The first kappa shape index (κ1) is 21.9. The van der Waals surface area contributed by atoms with E-state index in [1.165, 1.54) is 12.1 Å². The lowest BCUT2D eigenvalue weighted by molar-refractivity contribution is 0.0697. The summed E-state index contributed by atoms with van der Waals surface area (Å²) in [5.74, 6) is -0.383. The van der Waals surface area contributed by atoms with Gasteiger partial charge in [0.1, 0.15) is 12.4 Å². The molecule has 150 valence electrons. The third-order valence-electron chi connectivity index (χ3n) is 4.23. The van der Waals surface area contributed by atoms with E-state index in [9.17, 15) is 10.1 Å². The van der Waals surface area contributed by atoms with Crippen LogP contribution in [0.1, 0.15) is 27.0 Å². The predicted molar refractivity (Wildman–Crippen MR) is 122 cm³/mol. The summed E-state index contributed by atoms with van der Waals surface area (Å²) in [6, 6.07) is 19.0. The molecule has 3 aromatic rings. The molecule has 7 heteroatoms. The number of benzene rings is 3. The Bertz CT molecular complexity index is 1170. The topological polar surface area (TPSA) is 70.3 Å². The predicted octanol–water partition coefficient (Wildman–Crippen LogP) is 7.10. The zero-order valence-electron chi connectivity index (χ0n) is 15.4. The minimum atomic E-state index is -1.01. The van der Waals surface area contributed by atoms with Crippen LogP contribution in [0.5, 0.6) is 5.75 Å². The van der Waals surface area contributed by atoms with Crippen LogP contribution in [-0.4, -0.2) is 11.1 Å². The molecular weight excluding hydrogens is 489 g/mol. The molecule has 30 heavy (non-hydrogen) atoms. The Balaban J connectivity index is 1.77. The SMILES string of the molecule is N#C/C(=C/c1ccc(OCc2ccc(Cl)cc2Cl)c(Br)c1)c1ccc(C(=O)O)cc1. The molecule has 0 atom stereocenters. The molecule has 1 N–H and O–H groups in total. The molecule has 0 aliphatic heterocycles. The Morgan fingerprint density at radius 3 is 2.37 bits per heavy atom. The van der Waals surface area contributed by atoms with Crippen molar-refractivity contribution in [3.63, 3.8) is 0 Å². The van der Waals surface area contributed by atoms with Crippen molar-refractivity contribution >= 4 is 56.8 Å². The lowest BCUT2D eigenvalue weighted by Gasteiger charge is -2.10. The van der Waals surface area contributed by atoms with E-state index in [0.717, 1.165) is 15.6 Å². The highest BCUT2D eigenvalue weighted by molar-refractivity contribution is 9.10. The van der Waals surface area contributed by atoms with Crippen LogP contribution in [0, 0.1) is 11.3 Å². The second kappa shape index (κ2) is 9.82. The highest BCUT2D eigenvalue weighted by atomic mass is 79.9. The summed E-state index contributed by atoms with van der Waals surface area (Å²) in [7, 11) is 0. The molecule has 0 heterocycles. The van der Waals surface area contributed by atoms with E-state index in [4.69, 9.17) is 33.0 Å². The molecule has 3 rings (SSSR count). The molecule has 0 radical (unpaired) electrons. The fourth-order valence-corrected chi connectivity index (χ4v) is 3.63. The first-order chi connectivity index (χ1) is 14.4. The minimum Gasteiger partial charge on any atom is -0.488 e. The van der Waals surface area contributed by atoms with Crippen LogP contribution in [0.15, 0.2) is 65.1 Å². The van der Waals surface area contributed by atoms with Gasteiger partial charge in [-0.2, -0.15) is 5.26 Å². The number of rotatable bonds is 6. The number of nitrogens with zero attached hydrogens (tertiary/aromatic N) is 1. The zero-order valence-corrected chi connectivity index (χ0v) is 18.5. The fourth-order valence-electron chi connectivity index (χ4n) is 2.66. The summed E-state index contributed by atoms with van der Waals surface area (Å²) >= 11 is 15.6. The first-order valence-electron chi connectivity index (χ1n) is 8.69. The molecule has 0 aliphatic rings.